The lowest BCUT2D eigenvalue weighted by atomic mass is 9.71. The molecule has 0 bridgehead atoms. The largest absolute Gasteiger partial charge is 0.467 e. The SMILES string of the molecule is COC(=O)C1(Nc2ccc(Cl)c(Br)c2)CCC(C)C(C)C1. The number of anilines is 1. The number of benzene rings is 1. The highest BCUT2D eigenvalue weighted by atomic mass is 79.9. The zero-order valence-electron chi connectivity index (χ0n) is 12.6. The molecule has 1 aromatic carbocycles. The molecule has 3 atom stereocenters. The molecule has 0 spiro atoms. The van der Waals surface area contributed by atoms with Gasteiger partial charge in [0.1, 0.15) is 5.54 Å². The van der Waals surface area contributed by atoms with E-state index in [4.69, 9.17) is 16.3 Å². The number of ether oxygens (including phenoxy) is 1. The Morgan fingerprint density at radius 2 is 2.14 bits per heavy atom. The topological polar surface area (TPSA) is 38.3 Å². The number of carbonyl (C=O) groups is 1. The molecule has 1 aliphatic rings. The van der Waals surface area contributed by atoms with Gasteiger partial charge in [0.25, 0.3) is 0 Å². The van der Waals surface area contributed by atoms with Gasteiger partial charge in [0.05, 0.1) is 12.1 Å². The number of rotatable bonds is 3. The van der Waals surface area contributed by atoms with Crippen molar-refractivity contribution in [1.82, 2.24) is 0 Å². The van der Waals surface area contributed by atoms with Crippen LogP contribution in [0.1, 0.15) is 33.1 Å². The first-order valence-corrected chi connectivity index (χ1v) is 8.37. The molecule has 2 rings (SSSR count). The van der Waals surface area contributed by atoms with Gasteiger partial charge in [-0.1, -0.05) is 25.4 Å². The first-order valence-electron chi connectivity index (χ1n) is 7.19. The summed E-state index contributed by atoms with van der Waals surface area (Å²) >= 11 is 9.44. The lowest BCUT2D eigenvalue weighted by Crippen LogP contribution is -2.51. The maximum absolute atomic E-state index is 12.4. The van der Waals surface area contributed by atoms with Crippen molar-refractivity contribution in [2.75, 3.05) is 12.4 Å². The molecule has 0 aromatic heterocycles. The fourth-order valence-electron chi connectivity index (χ4n) is 3.01. The highest BCUT2D eigenvalue weighted by molar-refractivity contribution is 9.10. The second-order valence-corrected chi connectivity index (χ2v) is 7.29. The summed E-state index contributed by atoms with van der Waals surface area (Å²) in [5.74, 6) is 0.912. The summed E-state index contributed by atoms with van der Waals surface area (Å²) in [5, 5.41) is 4.05. The van der Waals surface area contributed by atoms with Crippen LogP contribution in [0.3, 0.4) is 0 Å². The van der Waals surface area contributed by atoms with Crippen LogP contribution >= 0.6 is 27.5 Å². The third-order valence-electron chi connectivity index (χ3n) is 4.55. The van der Waals surface area contributed by atoms with Crippen molar-refractivity contribution >= 4 is 39.2 Å². The van der Waals surface area contributed by atoms with Gasteiger partial charge in [-0.05, 0) is 65.2 Å². The highest BCUT2D eigenvalue weighted by Gasteiger charge is 2.44. The molecule has 3 unspecified atom stereocenters. The smallest absolute Gasteiger partial charge is 0.331 e. The minimum atomic E-state index is -0.645. The first-order chi connectivity index (χ1) is 9.88. The van der Waals surface area contributed by atoms with Gasteiger partial charge in [0.2, 0.25) is 0 Å². The van der Waals surface area contributed by atoms with Crippen molar-refractivity contribution in [2.45, 2.75) is 38.6 Å². The van der Waals surface area contributed by atoms with E-state index in [0.717, 1.165) is 29.4 Å². The van der Waals surface area contributed by atoms with Gasteiger partial charge in [-0.25, -0.2) is 4.79 Å². The van der Waals surface area contributed by atoms with E-state index in [9.17, 15) is 4.79 Å². The number of halogens is 2. The van der Waals surface area contributed by atoms with Gasteiger partial charge < -0.3 is 10.1 Å². The van der Waals surface area contributed by atoms with Crippen molar-refractivity contribution in [1.29, 1.82) is 0 Å². The second kappa shape index (κ2) is 6.57. The van der Waals surface area contributed by atoms with Gasteiger partial charge in [-0.3, -0.25) is 0 Å². The fraction of sp³-hybridized carbons (Fsp3) is 0.562. The van der Waals surface area contributed by atoms with Crippen LogP contribution in [-0.2, 0) is 9.53 Å². The summed E-state index contributed by atoms with van der Waals surface area (Å²) in [5.41, 5.74) is 0.229. The summed E-state index contributed by atoms with van der Waals surface area (Å²) in [6.45, 7) is 4.44. The molecule has 0 aliphatic heterocycles. The number of carbonyl (C=O) groups excluding carboxylic acids is 1. The maximum Gasteiger partial charge on any atom is 0.331 e. The number of hydrogen-bond acceptors (Lipinski definition) is 3. The van der Waals surface area contributed by atoms with Gasteiger partial charge >= 0.3 is 5.97 Å². The Balaban J connectivity index is 2.28. The van der Waals surface area contributed by atoms with Crippen LogP contribution in [0.15, 0.2) is 22.7 Å². The zero-order valence-corrected chi connectivity index (χ0v) is 14.9. The molecule has 21 heavy (non-hydrogen) atoms. The van der Waals surface area contributed by atoms with E-state index in [1.807, 2.05) is 18.2 Å². The van der Waals surface area contributed by atoms with Crippen LogP contribution in [0.25, 0.3) is 0 Å². The number of nitrogens with one attached hydrogen (secondary N) is 1. The molecule has 3 nitrogen and oxygen atoms in total. The van der Waals surface area contributed by atoms with E-state index >= 15 is 0 Å². The Labute approximate surface area is 139 Å². The van der Waals surface area contributed by atoms with E-state index in [-0.39, 0.29) is 5.97 Å². The number of methoxy groups -OCH3 is 1. The maximum atomic E-state index is 12.4. The Kier molecular flexibility index (Phi) is 5.20. The normalized spacial score (nSPS) is 29.0. The summed E-state index contributed by atoms with van der Waals surface area (Å²) < 4.78 is 5.88. The molecule has 1 N–H and O–H groups in total. The fourth-order valence-corrected chi connectivity index (χ4v) is 3.50. The van der Waals surface area contributed by atoms with Crippen LogP contribution < -0.4 is 5.32 Å². The van der Waals surface area contributed by atoms with Crippen LogP contribution in [0.2, 0.25) is 5.02 Å². The Morgan fingerprint density at radius 1 is 1.43 bits per heavy atom. The lowest BCUT2D eigenvalue weighted by molar-refractivity contribution is -0.148. The third-order valence-corrected chi connectivity index (χ3v) is 5.76. The highest BCUT2D eigenvalue weighted by Crippen LogP contribution is 2.39. The standard InChI is InChI=1S/C16H21BrClNO2/c1-10-6-7-16(9-11(10)2,15(20)21-3)19-12-4-5-14(18)13(17)8-12/h4-5,8,10-11,19H,6-7,9H2,1-3H3. The molecule has 5 heteroatoms. The van der Waals surface area contributed by atoms with E-state index in [2.05, 4.69) is 35.1 Å². The first kappa shape index (κ1) is 16.6. The number of esters is 1. The monoisotopic (exact) mass is 373 g/mol. The molecular formula is C16H21BrClNO2. The van der Waals surface area contributed by atoms with Gasteiger partial charge in [0, 0.05) is 10.2 Å². The Bertz CT molecular complexity index is 537. The van der Waals surface area contributed by atoms with E-state index < -0.39 is 5.54 Å². The number of hydrogen-bond donors (Lipinski definition) is 1. The molecular weight excluding hydrogens is 354 g/mol. The van der Waals surface area contributed by atoms with E-state index in [0.29, 0.717) is 16.9 Å². The molecule has 116 valence electrons. The van der Waals surface area contributed by atoms with E-state index in [1.165, 1.54) is 7.11 Å². The summed E-state index contributed by atoms with van der Waals surface area (Å²) in [6, 6.07) is 5.60. The average Bonchev–Trinajstić information content (AvgIpc) is 2.46. The van der Waals surface area contributed by atoms with Crippen LogP contribution in [0, 0.1) is 11.8 Å². The van der Waals surface area contributed by atoms with Crippen LogP contribution in [0.4, 0.5) is 5.69 Å². The molecule has 0 heterocycles. The van der Waals surface area contributed by atoms with Crippen molar-refractivity contribution in [2.24, 2.45) is 11.8 Å². The zero-order chi connectivity index (χ0) is 15.6. The van der Waals surface area contributed by atoms with Crippen LogP contribution in [0.5, 0.6) is 0 Å². The Morgan fingerprint density at radius 3 is 2.71 bits per heavy atom. The quantitative estimate of drug-likeness (QED) is 0.766. The van der Waals surface area contributed by atoms with Gasteiger partial charge in [0.15, 0.2) is 0 Å². The molecule has 0 radical (unpaired) electrons. The average molecular weight is 375 g/mol. The molecule has 1 fully saturated rings. The van der Waals surface area contributed by atoms with Gasteiger partial charge in [-0.2, -0.15) is 0 Å². The van der Waals surface area contributed by atoms with Crippen molar-refractivity contribution in [3.05, 3.63) is 27.7 Å². The molecule has 0 saturated heterocycles. The lowest BCUT2D eigenvalue weighted by Gasteiger charge is -2.41. The molecule has 0 amide bonds. The molecule has 1 aromatic rings. The predicted molar refractivity (Wildman–Crippen MR) is 89.7 cm³/mol. The minimum Gasteiger partial charge on any atom is -0.467 e. The Hall–Kier alpha value is -0.740. The molecule has 1 aliphatic carbocycles. The van der Waals surface area contributed by atoms with Gasteiger partial charge in [-0.15, -0.1) is 0 Å². The van der Waals surface area contributed by atoms with Crippen molar-refractivity contribution < 1.29 is 9.53 Å². The summed E-state index contributed by atoms with van der Waals surface area (Å²) in [4.78, 5) is 12.4. The van der Waals surface area contributed by atoms with E-state index in [1.54, 1.807) is 0 Å². The van der Waals surface area contributed by atoms with Crippen LogP contribution in [-0.4, -0.2) is 18.6 Å². The minimum absolute atomic E-state index is 0.188. The third kappa shape index (κ3) is 3.54. The second-order valence-electron chi connectivity index (χ2n) is 6.02. The molecule has 1 saturated carbocycles. The summed E-state index contributed by atoms with van der Waals surface area (Å²) in [6.07, 6.45) is 2.57. The summed E-state index contributed by atoms with van der Waals surface area (Å²) in [7, 11) is 1.45. The van der Waals surface area contributed by atoms with Crippen molar-refractivity contribution in [3.63, 3.8) is 0 Å². The predicted octanol–water partition coefficient (Wildman–Crippen LogP) is 4.88. The van der Waals surface area contributed by atoms with Crippen molar-refractivity contribution in [3.8, 4) is 0 Å².